The number of H-pyrrole nitrogens is 1. The summed E-state index contributed by atoms with van der Waals surface area (Å²) in [5.74, 6) is 1.67. The highest BCUT2D eigenvalue weighted by atomic mass is 79.9. The molecule has 0 amide bonds. The third kappa shape index (κ3) is 2.43. The van der Waals surface area contributed by atoms with Gasteiger partial charge in [0.2, 0.25) is 0 Å². The van der Waals surface area contributed by atoms with Crippen LogP contribution in [-0.4, -0.2) is 17.1 Å². The average molecular weight is 335 g/mol. The number of methoxy groups -OCH3 is 1. The van der Waals surface area contributed by atoms with Gasteiger partial charge >= 0.3 is 0 Å². The Kier molecular flexibility index (Phi) is 3.40. The third-order valence-corrected chi connectivity index (χ3v) is 4.31. The van der Waals surface area contributed by atoms with Gasteiger partial charge in [0.05, 0.1) is 28.4 Å². The van der Waals surface area contributed by atoms with E-state index in [0.717, 1.165) is 27.3 Å². The number of hydrogen-bond donors (Lipinski definition) is 1. The van der Waals surface area contributed by atoms with Crippen LogP contribution in [0.15, 0.2) is 46.4 Å². The van der Waals surface area contributed by atoms with Crippen LogP contribution in [0, 0.1) is 0 Å². The van der Waals surface area contributed by atoms with Crippen molar-refractivity contribution in [3.63, 3.8) is 0 Å². The highest BCUT2D eigenvalue weighted by molar-refractivity contribution is 9.10. The molecule has 3 nitrogen and oxygen atoms in total. The van der Waals surface area contributed by atoms with Crippen LogP contribution in [0.25, 0.3) is 22.0 Å². The van der Waals surface area contributed by atoms with Crippen molar-refractivity contribution in [3.8, 4) is 27.7 Å². The molecule has 2 aromatic heterocycles. The molecule has 0 saturated heterocycles. The highest BCUT2D eigenvalue weighted by Gasteiger charge is 2.08. The Bertz CT molecular complexity index is 691. The lowest BCUT2D eigenvalue weighted by molar-refractivity contribution is 0.412. The Morgan fingerprint density at radius 3 is 2.89 bits per heavy atom. The summed E-state index contributed by atoms with van der Waals surface area (Å²) in [6, 6.07) is 10.0. The molecule has 96 valence electrons. The first kappa shape index (κ1) is 12.4. The van der Waals surface area contributed by atoms with Gasteiger partial charge in [0.1, 0.15) is 11.6 Å². The van der Waals surface area contributed by atoms with E-state index in [9.17, 15) is 0 Å². The van der Waals surface area contributed by atoms with Crippen molar-refractivity contribution < 1.29 is 4.74 Å². The van der Waals surface area contributed by atoms with E-state index in [4.69, 9.17) is 4.74 Å². The first-order valence-corrected chi connectivity index (χ1v) is 7.38. The number of nitrogens with one attached hydrogen (secondary N) is 1. The lowest BCUT2D eigenvalue weighted by Gasteiger charge is -2.04. The van der Waals surface area contributed by atoms with Gasteiger partial charge < -0.3 is 9.72 Å². The number of nitrogens with zero attached hydrogens (tertiary/aromatic N) is 1. The summed E-state index contributed by atoms with van der Waals surface area (Å²) in [6.07, 6.45) is 1.86. The van der Waals surface area contributed by atoms with Gasteiger partial charge in [-0.15, -0.1) is 11.3 Å². The SMILES string of the molecule is COc1ccc(-c2ncc(-c3cccs3)[nH]2)cc1Br. The molecule has 0 bridgehead atoms. The first-order chi connectivity index (χ1) is 9.28. The average Bonchev–Trinajstić information content (AvgIpc) is 3.09. The Balaban J connectivity index is 1.97. The standard InChI is InChI=1S/C14H11BrN2OS/c1-18-12-5-4-9(7-10(12)15)14-16-8-11(17-14)13-3-2-6-19-13/h2-8H,1H3,(H,16,17). The molecule has 3 aromatic rings. The number of imidazole rings is 1. The molecule has 1 N–H and O–H groups in total. The van der Waals surface area contributed by atoms with Gasteiger partial charge in [-0.2, -0.15) is 0 Å². The van der Waals surface area contributed by atoms with Crippen LogP contribution >= 0.6 is 27.3 Å². The van der Waals surface area contributed by atoms with E-state index in [2.05, 4.69) is 37.3 Å². The number of aromatic amines is 1. The lowest BCUT2D eigenvalue weighted by Crippen LogP contribution is -1.86. The van der Waals surface area contributed by atoms with Crippen molar-refractivity contribution in [3.05, 3.63) is 46.4 Å². The highest BCUT2D eigenvalue weighted by Crippen LogP contribution is 2.31. The summed E-state index contributed by atoms with van der Waals surface area (Å²) < 4.78 is 6.14. The summed E-state index contributed by atoms with van der Waals surface area (Å²) >= 11 is 5.18. The first-order valence-electron chi connectivity index (χ1n) is 5.71. The van der Waals surface area contributed by atoms with E-state index < -0.39 is 0 Å². The zero-order valence-electron chi connectivity index (χ0n) is 10.2. The Labute approximate surface area is 123 Å². The number of hydrogen-bond acceptors (Lipinski definition) is 3. The van der Waals surface area contributed by atoms with Crippen LogP contribution < -0.4 is 4.74 Å². The fraction of sp³-hybridized carbons (Fsp3) is 0.0714. The molecule has 0 aliphatic carbocycles. The number of thiophene rings is 1. The van der Waals surface area contributed by atoms with Crippen molar-refractivity contribution in [2.24, 2.45) is 0 Å². The monoisotopic (exact) mass is 334 g/mol. The number of aromatic nitrogens is 2. The van der Waals surface area contributed by atoms with Gasteiger partial charge in [-0.25, -0.2) is 4.98 Å². The molecule has 1 aromatic carbocycles. The molecule has 0 radical (unpaired) electrons. The molecular formula is C14H11BrN2OS. The molecule has 0 spiro atoms. The Morgan fingerprint density at radius 1 is 1.32 bits per heavy atom. The maximum Gasteiger partial charge on any atom is 0.137 e. The maximum absolute atomic E-state index is 5.22. The smallest absolute Gasteiger partial charge is 0.137 e. The lowest BCUT2D eigenvalue weighted by atomic mass is 10.2. The Morgan fingerprint density at radius 2 is 2.21 bits per heavy atom. The summed E-state index contributed by atoms with van der Waals surface area (Å²) in [4.78, 5) is 8.95. The van der Waals surface area contributed by atoms with Crippen LogP contribution in [0.3, 0.4) is 0 Å². The van der Waals surface area contributed by atoms with E-state index in [-0.39, 0.29) is 0 Å². The van der Waals surface area contributed by atoms with E-state index >= 15 is 0 Å². The topological polar surface area (TPSA) is 37.9 Å². The fourth-order valence-corrected chi connectivity index (χ4v) is 3.07. The van der Waals surface area contributed by atoms with Gasteiger partial charge in [0, 0.05) is 5.56 Å². The predicted octanol–water partition coefficient (Wildman–Crippen LogP) is 4.58. The molecule has 19 heavy (non-hydrogen) atoms. The normalized spacial score (nSPS) is 10.6. The molecule has 5 heteroatoms. The quantitative estimate of drug-likeness (QED) is 0.761. The molecule has 0 unspecified atom stereocenters. The zero-order valence-corrected chi connectivity index (χ0v) is 12.6. The molecular weight excluding hydrogens is 324 g/mol. The molecule has 3 rings (SSSR count). The summed E-state index contributed by atoms with van der Waals surface area (Å²) in [5, 5.41) is 2.06. The second-order valence-electron chi connectivity index (χ2n) is 3.97. The molecule has 0 aliphatic rings. The van der Waals surface area contributed by atoms with E-state index in [1.165, 1.54) is 4.88 Å². The van der Waals surface area contributed by atoms with Crippen LogP contribution in [0.4, 0.5) is 0 Å². The van der Waals surface area contributed by atoms with Crippen molar-refractivity contribution >= 4 is 27.3 Å². The van der Waals surface area contributed by atoms with Gasteiger partial charge in [-0.1, -0.05) is 6.07 Å². The van der Waals surface area contributed by atoms with Gasteiger partial charge in [0.25, 0.3) is 0 Å². The number of ether oxygens (including phenoxy) is 1. The maximum atomic E-state index is 5.22. The molecule has 0 fully saturated rings. The molecule has 0 saturated carbocycles. The van der Waals surface area contributed by atoms with Gasteiger partial charge in [0.15, 0.2) is 0 Å². The van der Waals surface area contributed by atoms with Gasteiger partial charge in [-0.3, -0.25) is 0 Å². The van der Waals surface area contributed by atoms with Crippen LogP contribution in [0.2, 0.25) is 0 Å². The van der Waals surface area contributed by atoms with E-state index in [1.807, 2.05) is 30.5 Å². The molecule has 0 atom stereocenters. The predicted molar refractivity (Wildman–Crippen MR) is 81.6 cm³/mol. The summed E-state index contributed by atoms with van der Waals surface area (Å²) in [6.45, 7) is 0. The van der Waals surface area contributed by atoms with Crippen molar-refractivity contribution in [2.45, 2.75) is 0 Å². The van der Waals surface area contributed by atoms with Crippen molar-refractivity contribution in [1.82, 2.24) is 9.97 Å². The number of benzene rings is 1. The van der Waals surface area contributed by atoms with E-state index in [0.29, 0.717) is 0 Å². The summed E-state index contributed by atoms with van der Waals surface area (Å²) in [7, 11) is 1.65. The second-order valence-corrected chi connectivity index (χ2v) is 5.77. The minimum Gasteiger partial charge on any atom is -0.496 e. The van der Waals surface area contributed by atoms with Crippen LogP contribution in [0.1, 0.15) is 0 Å². The molecule has 2 heterocycles. The molecule has 0 aliphatic heterocycles. The largest absolute Gasteiger partial charge is 0.496 e. The fourth-order valence-electron chi connectivity index (χ4n) is 1.84. The van der Waals surface area contributed by atoms with Gasteiger partial charge in [-0.05, 0) is 45.6 Å². The summed E-state index contributed by atoms with van der Waals surface area (Å²) in [5.41, 5.74) is 2.06. The minimum absolute atomic E-state index is 0.814. The third-order valence-electron chi connectivity index (χ3n) is 2.79. The number of halogens is 1. The van der Waals surface area contributed by atoms with Crippen molar-refractivity contribution in [2.75, 3.05) is 7.11 Å². The second kappa shape index (κ2) is 5.19. The minimum atomic E-state index is 0.814. The van der Waals surface area contributed by atoms with E-state index in [1.54, 1.807) is 18.4 Å². The van der Waals surface area contributed by atoms with Crippen molar-refractivity contribution in [1.29, 1.82) is 0 Å². The number of rotatable bonds is 3. The Hall–Kier alpha value is -1.59. The zero-order chi connectivity index (χ0) is 13.2. The van der Waals surface area contributed by atoms with Crippen LogP contribution in [-0.2, 0) is 0 Å². The van der Waals surface area contributed by atoms with Crippen LogP contribution in [0.5, 0.6) is 5.75 Å².